The van der Waals surface area contributed by atoms with Crippen LogP contribution in [0.5, 0.6) is 0 Å². The van der Waals surface area contributed by atoms with Gasteiger partial charge in [-0.1, -0.05) is 35.9 Å². The molecule has 6 nitrogen and oxygen atoms in total. The molecule has 0 fully saturated rings. The molecule has 1 heterocycles. The topological polar surface area (TPSA) is 102 Å². The number of benzene rings is 2. The van der Waals surface area contributed by atoms with Gasteiger partial charge in [-0.15, -0.1) is 11.3 Å². The van der Waals surface area contributed by atoms with Crippen LogP contribution in [0.2, 0.25) is 5.02 Å². The summed E-state index contributed by atoms with van der Waals surface area (Å²) in [5.74, 6) is -0.177. The van der Waals surface area contributed by atoms with Gasteiger partial charge in [0.15, 0.2) is 0 Å². The van der Waals surface area contributed by atoms with Gasteiger partial charge in [-0.2, -0.15) is 0 Å². The molecule has 3 rings (SSSR count). The molecule has 0 atom stereocenters. The summed E-state index contributed by atoms with van der Waals surface area (Å²) in [6.07, 6.45) is 0.138. The molecule has 0 saturated carbocycles. The fraction of sp³-hybridized carbons (Fsp3) is 0.158. The van der Waals surface area contributed by atoms with E-state index < -0.39 is 10.0 Å². The average Bonchev–Trinajstić information content (AvgIpc) is 3.01. The highest BCUT2D eigenvalue weighted by Crippen LogP contribution is 2.28. The number of carbonyl (C=O) groups excluding carboxylic acids is 1. The zero-order valence-corrected chi connectivity index (χ0v) is 17.4. The van der Waals surface area contributed by atoms with Crippen molar-refractivity contribution in [3.63, 3.8) is 0 Å². The van der Waals surface area contributed by atoms with Crippen molar-refractivity contribution in [3.8, 4) is 11.3 Å². The van der Waals surface area contributed by atoms with E-state index in [4.69, 9.17) is 16.7 Å². The first-order valence-electron chi connectivity index (χ1n) is 8.33. The zero-order valence-electron chi connectivity index (χ0n) is 15.0. The number of nitrogens with zero attached hydrogens (tertiary/aromatic N) is 1. The van der Waals surface area contributed by atoms with Gasteiger partial charge in [0.25, 0.3) is 0 Å². The van der Waals surface area contributed by atoms with E-state index >= 15 is 0 Å². The van der Waals surface area contributed by atoms with Crippen LogP contribution in [0.15, 0.2) is 53.4 Å². The van der Waals surface area contributed by atoms with Crippen molar-refractivity contribution in [1.82, 2.24) is 10.3 Å². The Hall–Kier alpha value is -2.26. The molecule has 0 aliphatic rings. The molecule has 1 amide bonds. The summed E-state index contributed by atoms with van der Waals surface area (Å²) in [5.41, 5.74) is 2.55. The highest BCUT2D eigenvalue weighted by molar-refractivity contribution is 7.89. The van der Waals surface area contributed by atoms with Crippen LogP contribution in [-0.4, -0.2) is 19.3 Å². The number of aryl methyl sites for hydroxylation is 1. The summed E-state index contributed by atoms with van der Waals surface area (Å²) >= 11 is 7.45. The Labute approximate surface area is 172 Å². The van der Waals surface area contributed by atoms with E-state index in [9.17, 15) is 13.2 Å². The number of nitrogens with one attached hydrogen (secondary N) is 1. The summed E-state index contributed by atoms with van der Waals surface area (Å²) in [5, 5.41) is 9.38. The van der Waals surface area contributed by atoms with Crippen LogP contribution in [0.4, 0.5) is 0 Å². The van der Waals surface area contributed by atoms with Crippen molar-refractivity contribution >= 4 is 38.9 Å². The standard InChI is InChI=1S/C19H18ClN3O3S2/c1-12-19(14-4-6-15(20)7-5-14)23-18(27-12)11-22-17(24)10-13-2-8-16(9-3-13)28(21,25)26/h2-9H,10-11H2,1H3,(H,22,24)(H2,21,25,26). The van der Waals surface area contributed by atoms with Gasteiger partial charge < -0.3 is 5.32 Å². The van der Waals surface area contributed by atoms with Crippen LogP contribution in [0.3, 0.4) is 0 Å². The lowest BCUT2D eigenvalue weighted by Gasteiger charge is -2.04. The number of hydrogen-bond donors (Lipinski definition) is 2. The van der Waals surface area contributed by atoms with Gasteiger partial charge in [0.1, 0.15) is 5.01 Å². The minimum absolute atomic E-state index is 0.0182. The Bertz CT molecular complexity index is 1090. The van der Waals surface area contributed by atoms with E-state index in [1.54, 1.807) is 12.1 Å². The number of sulfonamides is 1. The molecule has 0 aliphatic heterocycles. The molecule has 1 aromatic heterocycles. The summed E-state index contributed by atoms with van der Waals surface area (Å²) < 4.78 is 22.5. The lowest BCUT2D eigenvalue weighted by Crippen LogP contribution is -2.24. The maximum atomic E-state index is 12.2. The highest BCUT2D eigenvalue weighted by Gasteiger charge is 2.12. The van der Waals surface area contributed by atoms with Gasteiger partial charge in [0, 0.05) is 15.5 Å². The third-order valence-corrected chi connectivity index (χ3v) is 6.16. The predicted octanol–water partition coefficient (Wildman–Crippen LogP) is 3.28. The number of nitrogens with two attached hydrogens (primary N) is 1. The number of aromatic nitrogens is 1. The van der Waals surface area contributed by atoms with Crippen molar-refractivity contribution in [2.24, 2.45) is 5.14 Å². The second-order valence-corrected chi connectivity index (χ2v) is 9.45. The van der Waals surface area contributed by atoms with Crippen molar-refractivity contribution in [2.45, 2.75) is 24.8 Å². The molecule has 3 N–H and O–H groups in total. The molecule has 0 bridgehead atoms. The number of thiazole rings is 1. The molecular weight excluding hydrogens is 418 g/mol. The monoisotopic (exact) mass is 435 g/mol. The van der Waals surface area contributed by atoms with Gasteiger partial charge in [-0.25, -0.2) is 18.5 Å². The number of amides is 1. The van der Waals surface area contributed by atoms with Gasteiger partial charge in [-0.3, -0.25) is 4.79 Å². The third kappa shape index (κ3) is 5.17. The Kier molecular flexibility index (Phi) is 6.14. The molecule has 0 spiro atoms. The minimum Gasteiger partial charge on any atom is -0.349 e. The quantitative estimate of drug-likeness (QED) is 0.620. The number of hydrogen-bond acceptors (Lipinski definition) is 5. The van der Waals surface area contributed by atoms with Crippen molar-refractivity contribution in [3.05, 3.63) is 69.0 Å². The first-order chi connectivity index (χ1) is 13.2. The Morgan fingerprint density at radius 2 is 1.79 bits per heavy atom. The first kappa shape index (κ1) is 20.5. The zero-order chi connectivity index (χ0) is 20.3. The molecule has 0 aliphatic carbocycles. The first-order valence-corrected chi connectivity index (χ1v) is 11.1. The minimum atomic E-state index is -3.74. The Balaban J connectivity index is 1.60. The average molecular weight is 436 g/mol. The molecule has 28 heavy (non-hydrogen) atoms. The summed E-state index contributed by atoms with van der Waals surface area (Å²) in [4.78, 5) is 17.9. The maximum absolute atomic E-state index is 12.2. The summed E-state index contributed by atoms with van der Waals surface area (Å²) in [6, 6.07) is 13.4. The maximum Gasteiger partial charge on any atom is 0.238 e. The van der Waals surface area contributed by atoms with Crippen molar-refractivity contribution in [2.75, 3.05) is 0 Å². The molecule has 0 unspecified atom stereocenters. The smallest absolute Gasteiger partial charge is 0.238 e. The number of carbonyl (C=O) groups is 1. The van der Waals surface area contributed by atoms with Crippen molar-refractivity contribution in [1.29, 1.82) is 0 Å². The Morgan fingerprint density at radius 3 is 2.39 bits per heavy atom. The van der Waals surface area contributed by atoms with Crippen LogP contribution in [0.1, 0.15) is 15.4 Å². The number of primary sulfonamides is 1. The predicted molar refractivity (Wildman–Crippen MR) is 111 cm³/mol. The van der Waals surface area contributed by atoms with E-state index in [1.165, 1.54) is 23.5 Å². The van der Waals surface area contributed by atoms with E-state index in [2.05, 4.69) is 10.3 Å². The van der Waals surface area contributed by atoms with Gasteiger partial charge in [0.2, 0.25) is 15.9 Å². The summed E-state index contributed by atoms with van der Waals surface area (Å²) in [6.45, 7) is 2.31. The lowest BCUT2D eigenvalue weighted by atomic mass is 10.1. The summed E-state index contributed by atoms with van der Waals surface area (Å²) in [7, 11) is -3.74. The molecule has 0 radical (unpaired) electrons. The fourth-order valence-electron chi connectivity index (χ4n) is 2.62. The van der Waals surface area contributed by atoms with Gasteiger partial charge >= 0.3 is 0 Å². The lowest BCUT2D eigenvalue weighted by molar-refractivity contribution is -0.120. The second kappa shape index (κ2) is 8.40. The van der Waals surface area contributed by atoms with Crippen LogP contribution >= 0.6 is 22.9 Å². The number of rotatable bonds is 6. The van der Waals surface area contributed by atoms with Crippen LogP contribution in [0.25, 0.3) is 11.3 Å². The fourth-order valence-corrected chi connectivity index (χ4v) is 4.16. The molecular formula is C19H18ClN3O3S2. The molecule has 3 aromatic rings. The van der Waals surface area contributed by atoms with Gasteiger partial charge in [-0.05, 0) is 36.8 Å². The molecule has 9 heteroatoms. The largest absolute Gasteiger partial charge is 0.349 e. The van der Waals surface area contributed by atoms with E-state index in [0.717, 1.165) is 21.1 Å². The molecule has 146 valence electrons. The highest BCUT2D eigenvalue weighted by atomic mass is 35.5. The van der Waals surface area contributed by atoms with E-state index in [0.29, 0.717) is 17.1 Å². The van der Waals surface area contributed by atoms with E-state index in [1.807, 2.05) is 31.2 Å². The van der Waals surface area contributed by atoms with Crippen LogP contribution < -0.4 is 10.5 Å². The molecule has 2 aromatic carbocycles. The molecule has 0 saturated heterocycles. The number of halogens is 1. The SMILES string of the molecule is Cc1sc(CNC(=O)Cc2ccc(S(N)(=O)=O)cc2)nc1-c1ccc(Cl)cc1. The van der Waals surface area contributed by atoms with Crippen molar-refractivity contribution < 1.29 is 13.2 Å². The van der Waals surface area contributed by atoms with Gasteiger partial charge in [0.05, 0.1) is 23.6 Å². The van der Waals surface area contributed by atoms with Crippen LogP contribution in [-0.2, 0) is 27.8 Å². The Morgan fingerprint density at radius 1 is 1.14 bits per heavy atom. The van der Waals surface area contributed by atoms with E-state index in [-0.39, 0.29) is 17.2 Å². The normalized spacial score (nSPS) is 11.4. The second-order valence-electron chi connectivity index (χ2n) is 6.16. The third-order valence-electron chi connectivity index (χ3n) is 4.01. The van der Waals surface area contributed by atoms with Crippen LogP contribution in [0, 0.1) is 6.92 Å².